The summed E-state index contributed by atoms with van der Waals surface area (Å²) in [6, 6.07) is 18.7. The minimum atomic E-state index is -0.233. The molecule has 0 spiro atoms. The summed E-state index contributed by atoms with van der Waals surface area (Å²) in [4.78, 5) is 5.57. The lowest BCUT2D eigenvalue weighted by Gasteiger charge is -2.27. The number of guanidine groups is 1. The molecule has 2 heterocycles. The van der Waals surface area contributed by atoms with E-state index in [0.717, 1.165) is 21.0 Å². The molecular formula is C19H17FN4S. The highest BCUT2D eigenvalue weighted by atomic mass is 32.1. The fraction of sp³-hybridized carbons (Fsp3) is 0.105. The van der Waals surface area contributed by atoms with Crippen LogP contribution in [0.1, 0.15) is 11.1 Å². The van der Waals surface area contributed by atoms with Crippen LogP contribution in [0, 0.1) is 5.82 Å². The van der Waals surface area contributed by atoms with Crippen molar-refractivity contribution >= 4 is 22.3 Å². The molecule has 25 heavy (non-hydrogen) atoms. The molecule has 1 aliphatic heterocycles. The molecule has 1 aromatic heterocycles. The van der Waals surface area contributed by atoms with Gasteiger partial charge in [0.1, 0.15) is 10.8 Å². The van der Waals surface area contributed by atoms with Crippen LogP contribution in [0.15, 0.2) is 65.7 Å². The predicted octanol–water partition coefficient (Wildman–Crippen LogP) is 4.02. The number of hydrazine groups is 1. The van der Waals surface area contributed by atoms with Crippen LogP contribution >= 0.6 is 11.3 Å². The fourth-order valence-corrected chi connectivity index (χ4v) is 3.78. The largest absolute Gasteiger partial charge is 0.368 e. The highest BCUT2D eigenvalue weighted by molar-refractivity contribution is 7.19. The molecule has 2 aromatic carbocycles. The molecule has 0 atom stereocenters. The molecule has 6 heteroatoms. The molecule has 0 amide bonds. The Balaban J connectivity index is 1.51. The van der Waals surface area contributed by atoms with Gasteiger partial charge in [0.25, 0.3) is 0 Å². The van der Waals surface area contributed by atoms with Gasteiger partial charge >= 0.3 is 0 Å². The second-order valence-electron chi connectivity index (χ2n) is 5.82. The summed E-state index contributed by atoms with van der Waals surface area (Å²) < 4.78 is 13.1. The van der Waals surface area contributed by atoms with Crippen LogP contribution in [0.25, 0.3) is 10.4 Å². The summed E-state index contributed by atoms with van der Waals surface area (Å²) in [5.41, 5.74) is 12.7. The van der Waals surface area contributed by atoms with E-state index in [1.54, 1.807) is 23.5 Å². The van der Waals surface area contributed by atoms with Crippen LogP contribution in [-0.2, 0) is 13.1 Å². The lowest BCUT2D eigenvalue weighted by molar-refractivity contribution is 0.289. The van der Waals surface area contributed by atoms with Gasteiger partial charge in [-0.3, -0.25) is 5.01 Å². The Labute approximate surface area is 149 Å². The lowest BCUT2D eigenvalue weighted by Crippen LogP contribution is -2.47. The number of nitrogens with zero attached hydrogens (tertiary/aromatic N) is 2. The summed E-state index contributed by atoms with van der Waals surface area (Å²) in [6.07, 6.45) is 0. The number of nitrogens with two attached hydrogens (primary N) is 1. The average Bonchev–Trinajstić information content (AvgIpc) is 3.04. The van der Waals surface area contributed by atoms with E-state index in [4.69, 9.17) is 5.73 Å². The Morgan fingerprint density at radius 1 is 1.12 bits per heavy atom. The van der Waals surface area contributed by atoms with E-state index in [-0.39, 0.29) is 5.82 Å². The van der Waals surface area contributed by atoms with Crippen molar-refractivity contribution in [3.63, 3.8) is 0 Å². The van der Waals surface area contributed by atoms with Gasteiger partial charge < -0.3 is 5.73 Å². The van der Waals surface area contributed by atoms with Gasteiger partial charge in [-0.2, -0.15) is 0 Å². The fourth-order valence-electron chi connectivity index (χ4n) is 2.72. The number of fused-ring (bicyclic) bond motifs is 1. The number of nitrogens with one attached hydrogen (secondary N) is 1. The first kappa shape index (κ1) is 15.8. The Hall–Kier alpha value is -2.70. The Bertz CT molecular complexity index is 903. The molecule has 0 fully saturated rings. The maximum Gasteiger partial charge on any atom is 0.212 e. The van der Waals surface area contributed by atoms with Crippen molar-refractivity contribution in [3.05, 3.63) is 77.6 Å². The summed E-state index contributed by atoms with van der Waals surface area (Å²) in [6.45, 7) is 1.33. The highest BCUT2D eigenvalue weighted by Crippen LogP contribution is 2.39. The van der Waals surface area contributed by atoms with E-state index in [1.165, 1.54) is 17.7 Å². The minimum Gasteiger partial charge on any atom is -0.368 e. The second-order valence-corrected chi connectivity index (χ2v) is 6.86. The van der Waals surface area contributed by atoms with E-state index in [2.05, 4.69) is 28.6 Å². The van der Waals surface area contributed by atoms with Crippen molar-refractivity contribution in [2.24, 2.45) is 10.7 Å². The third-order valence-electron chi connectivity index (χ3n) is 4.05. The van der Waals surface area contributed by atoms with Gasteiger partial charge in [0.15, 0.2) is 0 Å². The lowest BCUT2D eigenvalue weighted by atomic mass is 10.1. The Morgan fingerprint density at radius 2 is 1.88 bits per heavy atom. The van der Waals surface area contributed by atoms with Crippen LogP contribution in [0.3, 0.4) is 0 Å². The monoisotopic (exact) mass is 352 g/mol. The molecule has 0 saturated heterocycles. The second kappa shape index (κ2) is 6.66. The molecule has 3 N–H and O–H groups in total. The van der Waals surface area contributed by atoms with Crippen molar-refractivity contribution in [3.8, 4) is 10.4 Å². The maximum absolute atomic E-state index is 13.1. The number of benzene rings is 2. The molecule has 4 nitrogen and oxygen atoms in total. The van der Waals surface area contributed by atoms with Crippen molar-refractivity contribution in [2.75, 3.05) is 0 Å². The van der Waals surface area contributed by atoms with Crippen LogP contribution in [-0.4, -0.2) is 11.0 Å². The number of rotatable bonds is 4. The van der Waals surface area contributed by atoms with Gasteiger partial charge in [-0.1, -0.05) is 42.5 Å². The zero-order valence-corrected chi connectivity index (χ0v) is 14.3. The first-order valence-electron chi connectivity index (χ1n) is 7.97. The van der Waals surface area contributed by atoms with E-state index in [9.17, 15) is 4.39 Å². The van der Waals surface area contributed by atoms with Crippen molar-refractivity contribution in [1.29, 1.82) is 0 Å². The number of thiophene rings is 1. The van der Waals surface area contributed by atoms with Gasteiger partial charge in [0, 0.05) is 17.0 Å². The molecule has 0 bridgehead atoms. The van der Waals surface area contributed by atoms with E-state index in [1.807, 2.05) is 23.2 Å². The molecule has 4 rings (SSSR count). The van der Waals surface area contributed by atoms with Crippen molar-refractivity contribution in [2.45, 2.75) is 13.1 Å². The maximum atomic E-state index is 13.1. The minimum absolute atomic E-state index is 0.233. The summed E-state index contributed by atoms with van der Waals surface area (Å²) >= 11 is 1.57. The van der Waals surface area contributed by atoms with Gasteiger partial charge in [-0.15, -0.1) is 11.3 Å². The third-order valence-corrected chi connectivity index (χ3v) is 5.17. The van der Waals surface area contributed by atoms with Gasteiger partial charge in [-0.25, -0.2) is 14.8 Å². The molecular weight excluding hydrogens is 335 g/mol. The summed E-state index contributed by atoms with van der Waals surface area (Å²) in [5, 5.41) is 2.77. The van der Waals surface area contributed by atoms with E-state index in [0.29, 0.717) is 19.0 Å². The normalized spacial score (nSPS) is 13.5. The molecule has 0 unspecified atom stereocenters. The summed E-state index contributed by atoms with van der Waals surface area (Å²) in [7, 11) is 0. The molecule has 3 aromatic rings. The third kappa shape index (κ3) is 3.40. The Kier molecular flexibility index (Phi) is 4.21. The standard InChI is InChI=1S/C19H17FN4S/c20-16-8-6-14(7-9-16)17-10-15-12-24(19(21)23-18(15)25-17)22-11-13-4-2-1-3-5-13/h1-10,22H,11-12H2,(H2,21,23). The summed E-state index contributed by atoms with van der Waals surface area (Å²) in [5.74, 6) is 0.222. The first-order chi connectivity index (χ1) is 12.2. The molecule has 0 aliphatic carbocycles. The Morgan fingerprint density at radius 3 is 2.64 bits per heavy atom. The van der Waals surface area contributed by atoms with Crippen LogP contribution < -0.4 is 11.2 Å². The van der Waals surface area contributed by atoms with Crippen LogP contribution in [0.5, 0.6) is 0 Å². The van der Waals surface area contributed by atoms with Gasteiger partial charge in [0.2, 0.25) is 5.96 Å². The average molecular weight is 352 g/mol. The molecule has 1 aliphatic rings. The first-order valence-corrected chi connectivity index (χ1v) is 8.78. The van der Waals surface area contributed by atoms with Crippen molar-refractivity contribution in [1.82, 2.24) is 10.4 Å². The van der Waals surface area contributed by atoms with Crippen LogP contribution in [0.4, 0.5) is 9.39 Å². The zero-order chi connectivity index (χ0) is 17.2. The number of hydrogen-bond donors (Lipinski definition) is 2. The zero-order valence-electron chi connectivity index (χ0n) is 13.4. The highest BCUT2D eigenvalue weighted by Gasteiger charge is 2.20. The predicted molar refractivity (Wildman–Crippen MR) is 99.8 cm³/mol. The number of aliphatic imine (C=N–C) groups is 1. The quantitative estimate of drug-likeness (QED) is 0.746. The number of halogens is 1. The smallest absolute Gasteiger partial charge is 0.212 e. The molecule has 0 radical (unpaired) electrons. The SMILES string of the molecule is NC1=Nc2sc(-c3ccc(F)cc3)cc2CN1NCc1ccccc1. The van der Waals surface area contributed by atoms with Crippen molar-refractivity contribution < 1.29 is 4.39 Å². The van der Waals surface area contributed by atoms with Gasteiger partial charge in [0.05, 0.1) is 6.54 Å². The van der Waals surface area contributed by atoms with E-state index < -0.39 is 0 Å². The molecule has 0 saturated carbocycles. The van der Waals surface area contributed by atoms with E-state index >= 15 is 0 Å². The topological polar surface area (TPSA) is 53.6 Å². The van der Waals surface area contributed by atoms with Crippen LogP contribution in [0.2, 0.25) is 0 Å². The number of hydrogen-bond acceptors (Lipinski definition) is 5. The van der Waals surface area contributed by atoms with Gasteiger partial charge in [-0.05, 0) is 29.3 Å². The molecule has 126 valence electrons.